The summed E-state index contributed by atoms with van der Waals surface area (Å²) >= 11 is 0. The van der Waals surface area contributed by atoms with Crippen molar-refractivity contribution >= 4 is 22.7 Å². The first-order valence-corrected chi connectivity index (χ1v) is 12.2. The zero-order chi connectivity index (χ0) is 24.9. The molecule has 0 radical (unpaired) electrons. The number of carbonyl (C=O) groups excluding carboxylic acids is 2. The van der Waals surface area contributed by atoms with Crippen molar-refractivity contribution in [2.24, 2.45) is 0 Å². The van der Waals surface area contributed by atoms with Gasteiger partial charge in [-0.05, 0) is 57.4 Å². The fourth-order valence-electron chi connectivity index (χ4n) is 4.11. The molecule has 4 rings (SSSR count). The quantitative estimate of drug-likeness (QED) is 0.202. The first kappa shape index (κ1) is 24.3. The van der Waals surface area contributed by atoms with E-state index in [4.69, 9.17) is 9.72 Å². The highest BCUT2D eigenvalue weighted by Crippen LogP contribution is 2.27. The summed E-state index contributed by atoms with van der Waals surface area (Å²) in [5.41, 5.74) is 6.66. The van der Waals surface area contributed by atoms with E-state index in [-0.39, 0.29) is 5.78 Å². The Morgan fingerprint density at radius 1 is 0.886 bits per heavy atom. The first-order valence-electron chi connectivity index (χ1n) is 12.2. The molecule has 1 aromatic heterocycles. The fraction of sp³-hybridized carbons (Fsp3) is 0.258. The SMILES string of the molecule is CCCCc1ccc(-c2cc(C(=O)O[C@@H](C)C(=O)c3ccc(C)cc3)c3cc(C)ccc3n2)cc1. The average Bonchev–Trinajstić information content (AvgIpc) is 2.87. The van der Waals surface area contributed by atoms with E-state index in [1.807, 2.05) is 56.3 Å². The van der Waals surface area contributed by atoms with Crippen LogP contribution in [0.5, 0.6) is 0 Å². The van der Waals surface area contributed by atoms with Gasteiger partial charge in [-0.2, -0.15) is 0 Å². The Labute approximate surface area is 207 Å². The lowest BCUT2D eigenvalue weighted by molar-refractivity contribution is 0.0320. The molecule has 0 amide bonds. The highest BCUT2D eigenvalue weighted by atomic mass is 16.5. The Morgan fingerprint density at radius 3 is 2.26 bits per heavy atom. The van der Waals surface area contributed by atoms with Crippen molar-refractivity contribution in [3.63, 3.8) is 0 Å². The predicted molar refractivity (Wildman–Crippen MR) is 141 cm³/mol. The van der Waals surface area contributed by atoms with Crippen LogP contribution in [0.25, 0.3) is 22.2 Å². The number of esters is 1. The lowest BCUT2D eigenvalue weighted by Gasteiger charge is -2.15. The van der Waals surface area contributed by atoms with E-state index < -0.39 is 12.1 Å². The molecule has 0 aliphatic heterocycles. The number of pyridine rings is 1. The van der Waals surface area contributed by atoms with Gasteiger partial charge < -0.3 is 4.74 Å². The van der Waals surface area contributed by atoms with E-state index in [9.17, 15) is 9.59 Å². The molecule has 0 aliphatic carbocycles. The van der Waals surface area contributed by atoms with Crippen molar-refractivity contribution in [2.75, 3.05) is 0 Å². The van der Waals surface area contributed by atoms with Gasteiger partial charge in [0, 0.05) is 16.5 Å². The molecular weight excluding hydrogens is 434 g/mol. The zero-order valence-corrected chi connectivity index (χ0v) is 20.8. The molecule has 4 nitrogen and oxygen atoms in total. The van der Waals surface area contributed by atoms with Gasteiger partial charge in [0.05, 0.1) is 16.8 Å². The Hall–Kier alpha value is -3.79. The minimum atomic E-state index is -0.903. The summed E-state index contributed by atoms with van der Waals surface area (Å²) in [4.78, 5) is 31.0. The number of aromatic nitrogens is 1. The molecule has 0 aliphatic rings. The van der Waals surface area contributed by atoms with Gasteiger partial charge in [-0.3, -0.25) is 4.79 Å². The number of carbonyl (C=O) groups is 2. The molecule has 0 fully saturated rings. The maximum Gasteiger partial charge on any atom is 0.339 e. The molecule has 0 saturated heterocycles. The van der Waals surface area contributed by atoms with Gasteiger partial charge in [-0.1, -0.05) is 79.1 Å². The van der Waals surface area contributed by atoms with Crippen molar-refractivity contribution in [3.05, 3.63) is 101 Å². The summed E-state index contributed by atoms with van der Waals surface area (Å²) in [5.74, 6) is -0.757. The lowest BCUT2D eigenvalue weighted by atomic mass is 10.0. The normalized spacial score (nSPS) is 11.9. The average molecular weight is 466 g/mol. The van der Waals surface area contributed by atoms with Gasteiger partial charge in [-0.15, -0.1) is 0 Å². The third-order valence-electron chi connectivity index (χ3n) is 6.24. The minimum Gasteiger partial charge on any atom is -0.451 e. The number of fused-ring (bicyclic) bond motifs is 1. The van der Waals surface area contributed by atoms with Crippen molar-refractivity contribution in [3.8, 4) is 11.3 Å². The number of rotatable bonds is 8. The lowest BCUT2D eigenvalue weighted by Crippen LogP contribution is -2.24. The van der Waals surface area contributed by atoms with E-state index in [0.717, 1.165) is 36.0 Å². The molecular formula is C31H31NO3. The molecule has 1 heterocycles. The second-order valence-electron chi connectivity index (χ2n) is 9.15. The third-order valence-corrected chi connectivity index (χ3v) is 6.24. The number of nitrogens with zero attached hydrogens (tertiary/aromatic N) is 1. The fourth-order valence-corrected chi connectivity index (χ4v) is 4.11. The summed E-state index contributed by atoms with van der Waals surface area (Å²) < 4.78 is 5.67. The molecule has 0 saturated carbocycles. The summed E-state index contributed by atoms with van der Waals surface area (Å²) in [6, 6.07) is 23.2. The van der Waals surface area contributed by atoms with Crippen LogP contribution in [0.3, 0.4) is 0 Å². The van der Waals surface area contributed by atoms with Crippen LogP contribution in [0.15, 0.2) is 72.8 Å². The van der Waals surface area contributed by atoms with E-state index >= 15 is 0 Å². The number of ketones is 1. The standard InChI is InChI=1S/C31H31NO3/c1-5-6-7-23-11-15-24(16-12-23)29-19-27(26-18-21(3)10-17-28(26)32-29)31(34)35-22(4)30(33)25-13-8-20(2)9-14-25/h8-19,22H,5-7H2,1-4H3/t22-/m0/s1. The number of hydrogen-bond acceptors (Lipinski definition) is 4. The summed E-state index contributed by atoms with van der Waals surface area (Å²) in [6.45, 7) is 7.74. The molecule has 178 valence electrons. The van der Waals surface area contributed by atoms with Crippen LogP contribution in [0.2, 0.25) is 0 Å². The number of aryl methyl sites for hydroxylation is 3. The van der Waals surface area contributed by atoms with E-state index in [1.54, 1.807) is 25.1 Å². The van der Waals surface area contributed by atoms with Crippen molar-refractivity contribution in [1.82, 2.24) is 4.98 Å². The third kappa shape index (κ3) is 5.65. The molecule has 1 atom stereocenters. The molecule has 0 bridgehead atoms. The van der Waals surface area contributed by atoms with Crippen LogP contribution >= 0.6 is 0 Å². The highest BCUT2D eigenvalue weighted by Gasteiger charge is 2.23. The van der Waals surface area contributed by atoms with Crippen LogP contribution in [0, 0.1) is 13.8 Å². The van der Waals surface area contributed by atoms with Gasteiger partial charge in [0.2, 0.25) is 5.78 Å². The molecule has 0 N–H and O–H groups in total. The maximum atomic E-state index is 13.3. The summed E-state index contributed by atoms with van der Waals surface area (Å²) in [7, 11) is 0. The number of hydrogen-bond donors (Lipinski definition) is 0. The number of ether oxygens (including phenoxy) is 1. The van der Waals surface area contributed by atoms with Crippen molar-refractivity contribution in [1.29, 1.82) is 0 Å². The second kappa shape index (κ2) is 10.6. The largest absolute Gasteiger partial charge is 0.451 e. The highest BCUT2D eigenvalue weighted by molar-refractivity contribution is 6.07. The van der Waals surface area contributed by atoms with E-state index in [1.165, 1.54) is 5.56 Å². The first-order chi connectivity index (χ1) is 16.9. The number of benzene rings is 3. The summed E-state index contributed by atoms with van der Waals surface area (Å²) in [5, 5.41) is 0.716. The second-order valence-corrected chi connectivity index (χ2v) is 9.15. The predicted octanol–water partition coefficient (Wildman–Crippen LogP) is 7.29. The molecule has 35 heavy (non-hydrogen) atoms. The van der Waals surface area contributed by atoms with Crippen LogP contribution in [0.4, 0.5) is 0 Å². The number of Topliss-reactive ketones (excluding diaryl/α,β-unsaturated/α-hetero) is 1. The van der Waals surface area contributed by atoms with Crippen LogP contribution in [-0.4, -0.2) is 22.8 Å². The molecule has 0 spiro atoms. The van der Waals surface area contributed by atoms with Crippen molar-refractivity contribution < 1.29 is 14.3 Å². The van der Waals surface area contributed by atoms with Crippen LogP contribution in [0.1, 0.15) is 64.1 Å². The van der Waals surface area contributed by atoms with Crippen LogP contribution < -0.4 is 0 Å². The molecule has 0 unspecified atom stereocenters. The van der Waals surface area contributed by atoms with E-state index in [0.29, 0.717) is 27.7 Å². The topological polar surface area (TPSA) is 56.3 Å². The Kier molecular flexibility index (Phi) is 7.40. The van der Waals surface area contributed by atoms with Crippen LogP contribution in [-0.2, 0) is 11.2 Å². The van der Waals surface area contributed by atoms with Gasteiger partial charge in [-0.25, -0.2) is 9.78 Å². The van der Waals surface area contributed by atoms with Gasteiger partial charge in [0.25, 0.3) is 0 Å². The molecule has 4 heteroatoms. The zero-order valence-electron chi connectivity index (χ0n) is 20.8. The molecule has 3 aromatic carbocycles. The maximum absolute atomic E-state index is 13.3. The van der Waals surface area contributed by atoms with E-state index in [2.05, 4.69) is 19.1 Å². The monoisotopic (exact) mass is 465 g/mol. The van der Waals surface area contributed by atoms with Gasteiger partial charge >= 0.3 is 5.97 Å². The van der Waals surface area contributed by atoms with Crippen molar-refractivity contribution in [2.45, 2.75) is 53.1 Å². The van der Waals surface area contributed by atoms with Gasteiger partial charge in [0.15, 0.2) is 6.10 Å². The minimum absolute atomic E-state index is 0.226. The summed E-state index contributed by atoms with van der Waals surface area (Å²) in [6.07, 6.45) is 2.46. The Morgan fingerprint density at radius 2 is 1.57 bits per heavy atom. The number of unbranched alkanes of at least 4 members (excludes halogenated alkanes) is 1. The Bertz CT molecular complexity index is 1350. The smallest absolute Gasteiger partial charge is 0.339 e. The molecule has 4 aromatic rings. The van der Waals surface area contributed by atoms with Gasteiger partial charge in [0.1, 0.15) is 0 Å². The Balaban J connectivity index is 1.66.